The van der Waals surface area contributed by atoms with Gasteiger partial charge in [-0.15, -0.1) is 0 Å². The lowest BCUT2D eigenvalue weighted by atomic mass is 9.67. The molecule has 1 heteroatoms. The Kier molecular flexibility index (Phi) is 8.49. The topological polar surface area (TPSA) is 3.24 Å². The molecule has 10 aromatic carbocycles. The van der Waals surface area contributed by atoms with Gasteiger partial charge in [-0.25, -0.2) is 0 Å². The molecule has 0 fully saturated rings. The van der Waals surface area contributed by atoms with Gasteiger partial charge in [-0.05, 0) is 126 Å². The van der Waals surface area contributed by atoms with Crippen LogP contribution < -0.4 is 4.90 Å². The van der Waals surface area contributed by atoms with E-state index in [4.69, 9.17) is 0 Å². The summed E-state index contributed by atoms with van der Waals surface area (Å²) >= 11 is 0. The molecule has 0 unspecified atom stereocenters. The number of fused-ring (bicyclic) bond motifs is 7. The number of benzene rings is 10. The van der Waals surface area contributed by atoms with E-state index in [9.17, 15) is 0 Å². The molecular weight excluding hydrogens is 759 g/mol. The molecule has 0 N–H and O–H groups in total. The van der Waals surface area contributed by atoms with Gasteiger partial charge in [0.1, 0.15) is 0 Å². The van der Waals surface area contributed by atoms with E-state index in [1.54, 1.807) is 0 Å². The van der Waals surface area contributed by atoms with Crippen LogP contribution in [0.15, 0.2) is 237 Å². The van der Waals surface area contributed by atoms with Crippen LogP contribution in [-0.4, -0.2) is 0 Å². The lowest BCUT2D eigenvalue weighted by Crippen LogP contribution is -2.28. The normalized spacial score (nSPS) is 13.8. The highest BCUT2D eigenvalue weighted by Gasteiger charge is 2.46. The molecule has 0 bridgehead atoms. The second kappa shape index (κ2) is 14.4. The predicted molar refractivity (Wildman–Crippen MR) is 264 cm³/mol. The van der Waals surface area contributed by atoms with E-state index in [1.165, 1.54) is 88.7 Å². The molecule has 2 aliphatic carbocycles. The van der Waals surface area contributed by atoms with Crippen molar-refractivity contribution in [3.8, 4) is 44.5 Å². The zero-order chi connectivity index (χ0) is 42.1. The first kappa shape index (κ1) is 37.1. The summed E-state index contributed by atoms with van der Waals surface area (Å²) in [4.78, 5) is 2.51. The summed E-state index contributed by atoms with van der Waals surface area (Å²) in [6.45, 7) is 4.79. The third-order valence-electron chi connectivity index (χ3n) is 13.9. The van der Waals surface area contributed by atoms with Crippen molar-refractivity contribution in [1.82, 2.24) is 0 Å². The first-order valence-electron chi connectivity index (χ1n) is 22.1. The SMILES string of the molecule is CC1(C)c2cc(-c3ccc4ccccc4c3)ccc2-c2ccc(N(c3ccc4c(c3)C(c3ccccc3)(c3ccccc3)c3ccccc3-4)c3ccccc3-c3ccccc3)cc21. The summed E-state index contributed by atoms with van der Waals surface area (Å²) in [5.74, 6) is 0. The second-order valence-electron chi connectivity index (χ2n) is 17.7. The fraction of sp³-hybridized carbons (Fsp3) is 0.0645. The van der Waals surface area contributed by atoms with Crippen LogP contribution in [-0.2, 0) is 10.8 Å². The summed E-state index contributed by atoms with van der Waals surface area (Å²) in [7, 11) is 0. The summed E-state index contributed by atoms with van der Waals surface area (Å²) in [5, 5.41) is 2.53. The molecule has 0 saturated carbocycles. The Morgan fingerprint density at radius 3 is 1.48 bits per heavy atom. The van der Waals surface area contributed by atoms with Crippen molar-refractivity contribution in [3.05, 3.63) is 270 Å². The van der Waals surface area contributed by atoms with Crippen LogP contribution in [0.2, 0.25) is 0 Å². The third-order valence-corrected chi connectivity index (χ3v) is 13.9. The van der Waals surface area contributed by atoms with Crippen molar-refractivity contribution in [2.24, 2.45) is 0 Å². The minimum atomic E-state index is -0.514. The molecule has 0 spiro atoms. The van der Waals surface area contributed by atoms with Gasteiger partial charge in [-0.3, -0.25) is 0 Å². The number of rotatable bonds is 7. The van der Waals surface area contributed by atoms with E-state index in [0.717, 1.165) is 17.1 Å². The first-order valence-corrected chi connectivity index (χ1v) is 22.1. The van der Waals surface area contributed by atoms with Gasteiger partial charge < -0.3 is 4.90 Å². The molecular formula is C62H45N. The van der Waals surface area contributed by atoms with E-state index < -0.39 is 5.41 Å². The number of hydrogen-bond acceptors (Lipinski definition) is 1. The summed E-state index contributed by atoms with van der Waals surface area (Å²) in [5.41, 5.74) is 20.5. The van der Waals surface area contributed by atoms with E-state index in [0.29, 0.717) is 0 Å². The molecule has 0 aromatic heterocycles. The Morgan fingerprint density at radius 1 is 0.302 bits per heavy atom. The Labute approximate surface area is 370 Å². The van der Waals surface area contributed by atoms with Crippen molar-refractivity contribution in [2.75, 3.05) is 4.90 Å². The molecule has 0 radical (unpaired) electrons. The maximum absolute atomic E-state index is 2.51. The molecule has 0 amide bonds. The smallest absolute Gasteiger partial charge is 0.0714 e. The summed E-state index contributed by atoms with van der Waals surface area (Å²) < 4.78 is 0. The molecule has 12 rings (SSSR count). The molecule has 10 aromatic rings. The van der Waals surface area contributed by atoms with Crippen molar-refractivity contribution < 1.29 is 0 Å². The highest BCUT2D eigenvalue weighted by Crippen LogP contribution is 2.58. The minimum Gasteiger partial charge on any atom is -0.310 e. The van der Waals surface area contributed by atoms with Gasteiger partial charge in [-0.2, -0.15) is 0 Å². The number of anilines is 3. The van der Waals surface area contributed by atoms with Gasteiger partial charge in [0.2, 0.25) is 0 Å². The van der Waals surface area contributed by atoms with E-state index in [1.807, 2.05) is 0 Å². The fourth-order valence-electron chi connectivity index (χ4n) is 10.9. The third kappa shape index (κ3) is 5.70. The maximum Gasteiger partial charge on any atom is 0.0714 e. The van der Waals surface area contributed by atoms with Crippen LogP contribution in [0.25, 0.3) is 55.3 Å². The van der Waals surface area contributed by atoms with E-state index in [2.05, 4.69) is 255 Å². The van der Waals surface area contributed by atoms with Crippen LogP contribution in [0.4, 0.5) is 17.1 Å². The Hall–Kier alpha value is -7.74. The lowest BCUT2D eigenvalue weighted by Gasteiger charge is -2.35. The number of hydrogen-bond donors (Lipinski definition) is 0. The van der Waals surface area contributed by atoms with Crippen LogP contribution >= 0.6 is 0 Å². The zero-order valence-corrected chi connectivity index (χ0v) is 35.5. The van der Waals surface area contributed by atoms with E-state index in [-0.39, 0.29) is 5.41 Å². The van der Waals surface area contributed by atoms with Crippen LogP contribution in [0, 0.1) is 0 Å². The fourth-order valence-corrected chi connectivity index (χ4v) is 10.9. The molecule has 0 atom stereocenters. The summed E-state index contributed by atoms with van der Waals surface area (Å²) in [6, 6.07) is 87.9. The molecule has 63 heavy (non-hydrogen) atoms. The molecule has 298 valence electrons. The quantitative estimate of drug-likeness (QED) is 0.155. The second-order valence-corrected chi connectivity index (χ2v) is 17.7. The molecule has 0 saturated heterocycles. The molecule has 1 nitrogen and oxygen atoms in total. The average Bonchev–Trinajstić information content (AvgIpc) is 3.77. The van der Waals surface area contributed by atoms with Gasteiger partial charge in [0.15, 0.2) is 0 Å². The lowest BCUT2D eigenvalue weighted by molar-refractivity contribution is 0.660. The average molecular weight is 804 g/mol. The van der Waals surface area contributed by atoms with E-state index >= 15 is 0 Å². The van der Waals surface area contributed by atoms with Crippen LogP contribution in [0.1, 0.15) is 47.2 Å². The van der Waals surface area contributed by atoms with Gasteiger partial charge >= 0.3 is 0 Å². The Morgan fingerprint density at radius 2 is 0.778 bits per heavy atom. The monoisotopic (exact) mass is 803 g/mol. The molecule has 0 aliphatic heterocycles. The molecule has 2 aliphatic rings. The van der Waals surface area contributed by atoms with Gasteiger partial charge in [0.25, 0.3) is 0 Å². The predicted octanol–water partition coefficient (Wildman–Crippen LogP) is 16.3. The van der Waals surface area contributed by atoms with Crippen molar-refractivity contribution >= 4 is 27.8 Å². The number of nitrogens with zero attached hydrogens (tertiary/aromatic N) is 1. The minimum absolute atomic E-state index is 0.229. The van der Waals surface area contributed by atoms with Crippen molar-refractivity contribution in [2.45, 2.75) is 24.7 Å². The highest BCUT2D eigenvalue weighted by atomic mass is 15.1. The zero-order valence-electron chi connectivity index (χ0n) is 35.5. The van der Waals surface area contributed by atoms with Crippen LogP contribution in [0.5, 0.6) is 0 Å². The summed E-state index contributed by atoms with van der Waals surface area (Å²) in [6.07, 6.45) is 0. The van der Waals surface area contributed by atoms with Crippen LogP contribution in [0.3, 0.4) is 0 Å². The van der Waals surface area contributed by atoms with Crippen molar-refractivity contribution in [1.29, 1.82) is 0 Å². The standard InChI is InChI=1S/C62H45N/c1-61(2)57-39-46(45-31-30-42-18-12-13-21-44(42)38-45)32-35-53(57)54-36-33-49(40-58(54)61)63(60-29-17-15-26-51(60)43-19-6-3-7-20-43)50-34-37-55-52-27-14-16-28-56(52)62(59(55)41-50,47-22-8-4-9-23-47)48-24-10-5-11-25-48/h3-41H,1-2H3. The largest absolute Gasteiger partial charge is 0.310 e. The van der Waals surface area contributed by atoms with Gasteiger partial charge in [0.05, 0.1) is 11.1 Å². The first-order chi connectivity index (χ1) is 31.0. The van der Waals surface area contributed by atoms with Crippen molar-refractivity contribution in [3.63, 3.8) is 0 Å². The highest BCUT2D eigenvalue weighted by molar-refractivity contribution is 5.94. The Balaban J connectivity index is 1.06. The van der Waals surface area contributed by atoms with Gasteiger partial charge in [0, 0.05) is 22.4 Å². The maximum atomic E-state index is 2.51. The molecule has 0 heterocycles. The van der Waals surface area contributed by atoms with Gasteiger partial charge in [-0.1, -0.05) is 208 Å². The number of para-hydroxylation sites is 1. The Bertz CT molecular complexity index is 3320.